The maximum atomic E-state index is 13.3. The first-order valence-corrected chi connectivity index (χ1v) is 12.9. The van der Waals surface area contributed by atoms with Crippen LogP contribution in [0.4, 0.5) is 0 Å². The van der Waals surface area contributed by atoms with Gasteiger partial charge in [-0.1, -0.05) is 61.0 Å². The van der Waals surface area contributed by atoms with E-state index >= 15 is 0 Å². The van der Waals surface area contributed by atoms with Crippen molar-refractivity contribution in [1.29, 1.82) is 0 Å². The Bertz CT molecular complexity index is 1210. The zero-order valence-electron chi connectivity index (χ0n) is 21.1. The second-order valence-corrected chi connectivity index (χ2v) is 9.86. The number of carbonyl (C=O) groups excluding carboxylic acids is 2. The minimum Gasteiger partial charge on any atom is -0.365 e. The van der Waals surface area contributed by atoms with Gasteiger partial charge in [0.05, 0.1) is 25.2 Å². The fraction of sp³-hybridized carbons (Fsp3) is 0.414. The van der Waals surface area contributed by atoms with E-state index in [4.69, 9.17) is 4.74 Å². The number of fused-ring (bicyclic) bond motifs is 1. The molecule has 1 fully saturated rings. The molecule has 1 atom stereocenters. The summed E-state index contributed by atoms with van der Waals surface area (Å²) in [4.78, 5) is 32.2. The summed E-state index contributed by atoms with van der Waals surface area (Å²) in [7, 11) is 0. The summed E-state index contributed by atoms with van der Waals surface area (Å²) >= 11 is 0. The Balaban J connectivity index is 1.14. The first kappa shape index (κ1) is 24.3. The van der Waals surface area contributed by atoms with Gasteiger partial charge in [0, 0.05) is 25.6 Å². The Labute approximate surface area is 212 Å². The molecule has 0 unspecified atom stereocenters. The van der Waals surface area contributed by atoms with E-state index < -0.39 is 0 Å². The van der Waals surface area contributed by atoms with Crippen molar-refractivity contribution in [3.8, 4) is 0 Å². The van der Waals surface area contributed by atoms with Gasteiger partial charge in [-0.25, -0.2) is 4.98 Å². The number of aryl methyl sites for hydroxylation is 2. The first-order valence-electron chi connectivity index (χ1n) is 12.9. The second kappa shape index (κ2) is 10.7. The van der Waals surface area contributed by atoms with Crippen molar-refractivity contribution in [3.05, 3.63) is 88.5 Å². The van der Waals surface area contributed by atoms with Crippen LogP contribution in [0.1, 0.15) is 64.3 Å². The van der Waals surface area contributed by atoms with Crippen molar-refractivity contribution in [2.45, 2.75) is 58.9 Å². The Morgan fingerprint density at radius 1 is 1.03 bits per heavy atom. The lowest BCUT2D eigenvalue weighted by atomic mass is 9.95. The molecule has 0 saturated carbocycles. The largest absolute Gasteiger partial charge is 0.365 e. The molecule has 2 aromatic carbocycles. The second-order valence-electron chi connectivity index (χ2n) is 9.86. The Kier molecular flexibility index (Phi) is 7.18. The molecule has 7 nitrogen and oxygen atoms in total. The van der Waals surface area contributed by atoms with Crippen LogP contribution in [-0.4, -0.2) is 39.4 Å². The summed E-state index contributed by atoms with van der Waals surface area (Å²) in [5.74, 6) is -0.0777. The molecule has 0 spiro atoms. The van der Waals surface area contributed by atoms with Gasteiger partial charge in [-0.05, 0) is 42.9 Å². The average molecular weight is 487 g/mol. The highest BCUT2D eigenvalue weighted by Gasteiger charge is 2.32. The number of benzene rings is 2. The molecular weight excluding hydrogens is 452 g/mol. The van der Waals surface area contributed by atoms with Gasteiger partial charge in [-0.15, -0.1) is 0 Å². The van der Waals surface area contributed by atoms with Gasteiger partial charge in [-0.2, -0.15) is 0 Å². The molecule has 7 heteroatoms. The van der Waals surface area contributed by atoms with E-state index in [9.17, 15) is 9.59 Å². The third kappa shape index (κ3) is 5.21. The molecule has 2 aliphatic rings. The Morgan fingerprint density at radius 2 is 1.72 bits per heavy atom. The molecule has 1 N–H and O–H groups in total. The molecule has 0 radical (unpaired) electrons. The van der Waals surface area contributed by atoms with Crippen LogP contribution in [-0.2, 0) is 35.6 Å². The number of rotatable bonds is 6. The van der Waals surface area contributed by atoms with E-state index in [0.717, 1.165) is 23.2 Å². The molecule has 2 aliphatic heterocycles. The van der Waals surface area contributed by atoms with Crippen LogP contribution in [0.5, 0.6) is 0 Å². The molecule has 0 aliphatic carbocycles. The van der Waals surface area contributed by atoms with Gasteiger partial charge in [0.1, 0.15) is 6.10 Å². The van der Waals surface area contributed by atoms with Gasteiger partial charge >= 0.3 is 0 Å². The molecule has 1 aromatic heterocycles. The standard InChI is InChI=1S/C29H34N4O3/c1-3-21-6-8-22(9-7-21)16-30-28(34)24-12-14-32(15-13-24)29(35)27-25-18-36-26(17-33(25)19-31-27)23-10-4-20(2)5-11-23/h4-11,19,24,26H,3,12-18H2,1-2H3,(H,30,34)/t26-/m0/s1. The van der Waals surface area contributed by atoms with E-state index in [1.165, 1.54) is 11.1 Å². The summed E-state index contributed by atoms with van der Waals surface area (Å²) in [6.07, 6.45) is 4.03. The van der Waals surface area contributed by atoms with Crippen molar-refractivity contribution < 1.29 is 14.3 Å². The number of hydrogen-bond acceptors (Lipinski definition) is 4. The summed E-state index contributed by atoms with van der Waals surface area (Å²) in [5.41, 5.74) is 6.04. The predicted molar refractivity (Wildman–Crippen MR) is 137 cm³/mol. The smallest absolute Gasteiger partial charge is 0.274 e. The van der Waals surface area contributed by atoms with Crippen molar-refractivity contribution in [2.75, 3.05) is 13.1 Å². The quantitative estimate of drug-likeness (QED) is 0.567. The summed E-state index contributed by atoms with van der Waals surface area (Å²) in [5, 5.41) is 3.06. The zero-order valence-corrected chi connectivity index (χ0v) is 21.1. The SMILES string of the molecule is CCc1ccc(CNC(=O)C2CCN(C(=O)c3ncn4c3CO[C@H](c3ccc(C)cc3)C4)CC2)cc1. The van der Waals surface area contributed by atoms with Gasteiger partial charge in [0.25, 0.3) is 5.91 Å². The van der Waals surface area contributed by atoms with E-state index in [-0.39, 0.29) is 23.8 Å². The first-order chi connectivity index (χ1) is 17.5. The van der Waals surface area contributed by atoms with Crippen LogP contribution < -0.4 is 5.32 Å². The highest BCUT2D eigenvalue weighted by atomic mass is 16.5. The van der Waals surface area contributed by atoms with Crippen molar-refractivity contribution in [3.63, 3.8) is 0 Å². The molecule has 36 heavy (non-hydrogen) atoms. The topological polar surface area (TPSA) is 76.5 Å². The number of piperidine rings is 1. The molecule has 188 valence electrons. The summed E-state index contributed by atoms with van der Waals surface area (Å²) < 4.78 is 8.14. The Hall–Kier alpha value is -3.45. The molecule has 0 bridgehead atoms. The van der Waals surface area contributed by atoms with Crippen molar-refractivity contribution >= 4 is 11.8 Å². The number of nitrogens with one attached hydrogen (secondary N) is 1. The number of ether oxygens (including phenoxy) is 1. The maximum absolute atomic E-state index is 13.3. The fourth-order valence-electron chi connectivity index (χ4n) is 5.01. The fourth-order valence-corrected chi connectivity index (χ4v) is 5.01. The minimum atomic E-state index is -0.0731. The van der Waals surface area contributed by atoms with Crippen molar-refractivity contribution in [2.24, 2.45) is 5.92 Å². The highest BCUT2D eigenvalue weighted by molar-refractivity contribution is 5.93. The number of imidazole rings is 1. The van der Waals surface area contributed by atoms with Gasteiger partial charge in [0.2, 0.25) is 5.91 Å². The number of amides is 2. The van der Waals surface area contributed by atoms with Crippen LogP contribution in [0.25, 0.3) is 0 Å². The molecule has 2 amide bonds. The Morgan fingerprint density at radius 3 is 2.42 bits per heavy atom. The number of carbonyl (C=O) groups is 2. The van der Waals surface area contributed by atoms with E-state index in [2.05, 4.69) is 72.7 Å². The van der Waals surface area contributed by atoms with Crippen LogP contribution in [0.15, 0.2) is 54.9 Å². The van der Waals surface area contributed by atoms with Crippen LogP contribution in [0, 0.1) is 12.8 Å². The third-order valence-electron chi connectivity index (χ3n) is 7.43. The minimum absolute atomic E-state index is 0.0471. The lowest BCUT2D eigenvalue weighted by Gasteiger charge is -2.31. The van der Waals surface area contributed by atoms with Gasteiger partial charge in [0.15, 0.2) is 5.69 Å². The highest BCUT2D eigenvalue weighted by Crippen LogP contribution is 2.29. The molecule has 3 heterocycles. The lowest BCUT2D eigenvalue weighted by molar-refractivity contribution is -0.126. The average Bonchev–Trinajstić information content (AvgIpc) is 3.35. The summed E-state index contributed by atoms with van der Waals surface area (Å²) in [6.45, 7) is 6.85. The normalized spacial score (nSPS) is 18.1. The maximum Gasteiger partial charge on any atom is 0.274 e. The predicted octanol–water partition coefficient (Wildman–Crippen LogP) is 4.19. The molecule has 3 aromatic rings. The van der Waals surface area contributed by atoms with Gasteiger partial charge < -0.3 is 19.5 Å². The number of hydrogen-bond donors (Lipinski definition) is 1. The van der Waals surface area contributed by atoms with Crippen LogP contribution in [0.3, 0.4) is 0 Å². The molecule has 1 saturated heterocycles. The number of aromatic nitrogens is 2. The van der Waals surface area contributed by atoms with Gasteiger partial charge in [-0.3, -0.25) is 9.59 Å². The van der Waals surface area contributed by atoms with Crippen LogP contribution >= 0.6 is 0 Å². The van der Waals surface area contributed by atoms with E-state index in [1.54, 1.807) is 6.33 Å². The zero-order chi connectivity index (χ0) is 25.1. The van der Waals surface area contributed by atoms with E-state index in [1.807, 2.05) is 9.47 Å². The van der Waals surface area contributed by atoms with Crippen molar-refractivity contribution in [1.82, 2.24) is 19.8 Å². The third-order valence-corrected chi connectivity index (χ3v) is 7.43. The molecule has 5 rings (SSSR count). The van der Waals surface area contributed by atoms with E-state index in [0.29, 0.717) is 51.3 Å². The number of likely N-dealkylation sites (tertiary alicyclic amines) is 1. The van der Waals surface area contributed by atoms with Crippen LogP contribution in [0.2, 0.25) is 0 Å². The number of nitrogens with zero attached hydrogens (tertiary/aromatic N) is 3. The summed E-state index contributed by atoms with van der Waals surface area (Å²) in [6, 6.07) is 16.7. The monoisotopic (exact) mass is 486 g/mol. The lowest BCUT2D eigenvalue weighted by Crippen LogP contribution is -2.43. The molecular formula is C29H34N4O3.